The second kappa shape index (κ2) is 3.51. The van der Waals surface area contributed by atoms with E-state index in [-0.39, 0.29) is 0 Å². The molecule has 0 radical (unpaired) electrons. The van der Waals surface area contributed by atoms with Crippen LogP contribution in [0, 0.1) is 0 Å². The molecule has 0 saturated carbocycles. The van der Waals surface area contributed by atoms with Gasteiger partial charge in [0.05, 0.1) is 11.8 Å². The van der Waals surface area contributed by atoms with Crippen molar-refractivity contribution < 1.29 is 8.94 Å². The third-order valence-electron chi connectivity index (χ3n) is 2.64. The molecule has 0 unspecified atom stereocenters. The summed E-state index contributed by atoms with van der Waals surface area (Å²) in [5.41, 5.74) is 0.833. The average Bonchev–Trinajstić information content (AvgIpc) is 3.02. The van der Waals surface area contributed by atoms with E-state index < -0.39 is 0 Å². The predicted molar refractivity (Wildman–Crippen MR) is 52.2 cm³/mol. The van der Waals surface area contributed by atoms with Crippen LogP contribution in [-0.4, -0.2) is 23.2 Å². The van der Waals surface area contributed by atoms with Crippen LogP contribution in [0.2, 0.25) is 0 Å². The lowest BCUT2D eigenvalue weighted by atomic mass is 10.1. The average molecular weight is 205 g/mol. The number of hydrogen-bond donors (Lipinski definition) is 1. The number of hydrogen-bond acceptors (Lipinski definition) is 5. The molecule has 0 spiro atoms. The van der Waals surface area contributed by atoms with Gasteiger partial charge in [-0.2, -0.15) is 4.98 Å². The van der Waals surface area contributed by atoms with Crippen molar-refractivity contribution in [3.8, 4) is 11.5 Å². The number of nitrogens with one attached hydrogen (secondary N) is 1. The summed E-state index contributed by atoms with van der Waals surface area (Å²) >= 11 is 0. The molecule has 3 heterocycles. The van der Waals surface area contributed by atoms with Crippen molar-refractivity contribution in [3.05, 3.63) is 24.4 Å². The topological polar surface area (TPSA) is 64.1 Å². The van der Waals surface area contributed by atoms with Crippen molar-refractivity contribution in [2.24, 2.45) is 0 Å². The number of rotatable bonds is 2. The monoisotopic (exact) mass is 205 g/mol. The molecule has 1 aliphatic rings. The molecule has 1 aliphatic heterocycles. The van der Waals surface area contributed by atoms with Crippen molar-refractivity contribution in [1.29, 1.82) is 0 Å². The summed E-state index contributed by atoms with van der Waals surface area (Å²) in [5, 5.41) is 7.26. The van der Waals surface area contributed by atoms with Crippen molar-refractivity contribution in [2.75, 3.05) is 13.1 Å². The Labute approximate surface area is 86.5 Å². The first kappa shape index (κ1) is 8.67. The Kier molecular flexibility index (Phi) is 2.03. The Bertz CT molecular complexity index is 429. The highest BCUT2D eigenvalue weighted by atomic mass is 16.5. The highest BCUT2D eigenvalue weighted by Gasteiger charge is 2.22. The zero-order valence-corrected chi connectivity index (χ0v) is 8.14. The van der Waals surface area contributed by atoms with E-state index >= 15 is 0 Å². The highest BCUT2D eigenvalue weighted by Crippen LogP contribution is 2.23. The largest absolute Gasteiger partial charge is 0.472 e. The van der Waals surface area contributed by atoms with Crippen LogP contribution in [0.4, 0.5) is 0 Å². The maximum atomic E-state index is 5.17. The minimum absolute atomic E-state index is 0.384. The van der Waals surface area contributed by atoms with Gasteiger partial charge in [-0.25, -0.2) is 0 Å². The minimum atomic E-state index is 0.384. The van der Waals surface area contributed by atoms with Crippen molar-refractivity contribution in [3.63, 3.8) is 0 Å². The molecule has 0 amide bonds. The van der Waals surface area contributed by atoms with Crippen molar-refractivity contribution in [1.82, 2.24) is 15.5 Å². The van der Waals surface area contributed by atoms with Gasteiger partial charge in [-0.05, 0) is 19.0 Å². The van der Waals surface area contributed by atoms with Crippen molar-refractivity contribution in [2.45, 2.75) is 12.3 Å². The zero-order valence-electron chi connectivity index (χ0n) is 8.14. The van der Waals surface area contributed by atoms with Gasteiger partial charge >= 0.3 is 0 Å². The Morgan fingerprint density at radius 2 is 2.47 bits per heavy atom. The summed E-state index contributed by atoms with van der Waals surface area (Å²) in [5.74, 6) is 1.70. The van der Waals surface area contributed by atoms with Crippen molar-refractivity contribution >= 4 is 0 Å². The van der Waals surface area contributed by atoms with Crippen LogP contribution < -0.4 is 5.32 Å². The Balaban J connectivity index is 1.87. The van der Waals surface area contributed by atoms with Gasteiger partial charge in [-0.3, -0.25) is 0 Å². The minimum Gasteiger partial charge on any atom is -0.472 e. The first-order valence-electron chi connectivity index (χ1n) is 5.00. The van der Waals surface area contributed by atoms with E-state index in [1.165, 1.54) is 0 Å². The smallest absolute Gasteiger partial charge is 0.261 e. The number of furan rings is 1. The summed E-state index contributed by atoms with van der Waals surface area (Å²) in [7, 11) is 0. The third kappa shape index (κ3) is 1.55. The molecule has 1 saturated heterocycles. The fourth-order valence-corrected chi connectivity index (χ4v) is 1.78. The zero-order chi connectivity index (χ0) is 10.1. The van der Waals surface area contributed by atoms with E-state index in [1.54, 1.807) is 12.5 Å². The van der Waals surface area contributed by atoms with E-state index in [2.05, 4.69) is 15.5 Å². The second-order valence-corrected chi connectivity index (χ2v) is 3.66. The molecule has 5 heteroatoms. The molecular formula is C10H11N3O2. The van der Waals surface area contributed by atoms with E-state index in [4.69, 9.17) is 8.94 Å². The normalized spacial score (nSPS) is 20.9. The summed E-state index contributed by atoms with van der Waals surface area (Å²) in [4.78, 5) is 4.36. The molecule has 0 bridgehead atoms. The summed E-state index contributed by atoms with van der Waals surface area (Å²) in [6, 6.07) is 1.81. The van der Waals surface area contributed by atoms with Gasteiger partial charge in [0.2, 0.25) is 0 Å². The first-order chi connectivity index (χ1) is 7.43. The Morgan fingerprint density at radius 3 is 3.20 bits per heavy atom. The standard InChI is InChI=1S/C10H11N3O2/c1-3-11-5-7(1)9-12-10(15-13-9)8-2-4-14-6-8/h2,4,6-7,11H,1,3,5H2/t7-/m1/s1. The van der Waals surface area contributed by atoms with Gasteiger partial charge in [0.1, 0.15) is 6.26 Å². The molecule has 5 nitrogen and oxygen atoms in total. The second-order valence-electron chi connectivity index (χ2n) is 3.66. The fourth-order valence-electron chi connectivity index (χ4n) is 1.78. The van der Waals surface area contributed by atoms with Gasteiger partial charge < -0.3 is 14.3 Å². The van der Waals surface area contributed by atoms with E-state index in [1.807, 2.05) is 6.07 Å². The molecule has 0 aliphatic carbocycles. The number of aromatic nitrogens is 2. The van der Waals surface area contributed by atoms with Crippen LogP contribution in [-0.2, 0) is 0 Å². The van der Waals surface area contributed by atoms with Crippen LogP contribution in [0.3, 0.4) is 0 Å². The predicted octanol–water partition coefficient (Wildman–Crippen LogP) is 1.41. The summed E-state index contributed by atoms with van der Waals surface area (Å²) < 4.78 is 10.1. The highest BCUT2D eigenvalue weighted by molar-refractivity contribution is 5.49. The van der Waals surface area contributed by atoms with Gasteiger partial charge in [-0.1, -0.05) is 5.16 Å². The van der Waals surface area contributed by atoms with E-state index in [9.17, 15) is 0 Å². The Morgan fingerprint density at radius 1 is 1.47 bits per heavy atom. The fraction of sp³-hybridized carbons (Fsp3) is 0.400. The number of nitrogens with zero attached hydrogens (tertiary/aromatic N) is 2. The molecule has 1 N–H and O–H groups in total. The molecular weight excluding hydrogens is 194 g/mol. The summed E-state index contributed by atoms with van der Waals surface area (Å²) in [6.45, 7) is 1.96. The van der Waals surface area contributed by atoms with Gasteiger partial charge in [0, 0.05) is 12.5 Å². The van der Waals surface area contributed by atoms with Gasteiger partial charge in [0.15, 0.2) is 5.82 Å². The van der Waals surface area contributed by atoms with Crippen LogP contribution >= 0.6 is 0 Å². The summed E-state index contributed by atoms with van der Waals surface area (Å²) in [6.07, 6.45) is 4.27. The first-order valence-corrected chi connectivity index (χ1v) is 5.00. The lowest BCUT2D eigenvalue weighted by Gasteiger charge is -1.98. The Hall–Kier alpha value is -1.62. The quantitative estimate of drug-likeness (QED) is 0.802. The maximum absolute atomic E-state index is 5.17. The lowest BCUT2D eigenvalue weighted by Crippen LogP contribution is -2.08. The molecule has 2 aromatic heterocycles. The molecule has 78 valence electrons. The lowest BCUT2D eigenvalue weighted by molar-refractivity contribution is 0.416. The maximum Gasteiger partial charge on any atom is 0.261 e. The van der Waals surface area contributed by atoms with Crippen LogP contribution in [0.25, 0.3) is 11.5 Å². The molecule has 2 aromatic rings. The molecule has 1 atom stereocenters. The van der Waals surface area contributed by atoms with Crippen LogP contribution in [0.5, 0.6) is 0 Å². The van der Waals surface area contributed by atoms with Crippen LogP contribution in [0.1, 0.15) is 18.2 Å². The van der Waals surface area contributed by atoms with Gasteiger partial charge in [-0.15, -0.1) is 0 Å². The van der Waals surface area contributed by atoms with Gasteiger partial charge in [0.25, 0.3) is 5.89 Å². The SMILES string of the molecule is c1cc(-c2nc([C@@H]3CCNC3)no2)co1. The molecule has 3 rings (SSSR count). The van der Waals surface area contributed by atoms with E-state index in [0.717, 1.165) is 30.9 Å². The third-order valence-corrected chi connectivity index (χ3v) is 2.64. The molecule has 1 fully saturated rings. The molecule has 15 heavy (non-hydrogen) atoms. The molecule has 0 aromatic carbocycles. The van der Waals surface area contributed by atoms with Crippen LogP contribution in [0.15, 0.2) is 27.5 Å². The van der Waals surface area contributed by atoms with E-state index in [0.29, 0.717) is 11.8 Å².